The number of carbonyl (C=O) groups excluding carboxylic acids is 1. The molecule has 0 spiro atoms. The van der Waals surface area contributed by atoms with E-state index in [-0.39, 0.29) is 18.5 Å². The third kappa shape index (κ3) is 3.87. The van der Waals surface area contributed by atoms with Crippen LogP contribution in [-0.2, 0) is 4.79 Å². The Kier molecular flexibility index (Phi) is 5.44. The van der Waals surface area contributed by atoms with Crippen LogP contribution in [0.4, 0.5) is 0 Å². The summed E-state index contributed by atoms with van der Waals surface area (Å²) in [7, 11) is 1.66. The Hall–Kier alpha value is -1.46. The molecule has 3 rings (SSSR count). The Morgan fingerprint density at radius 1 is 1.28 bits per heavy atom. The molecule has 1 heterocycles. The molecule has 1 aliphatic carbocycles. The molecule has 1 aliphatic heterocycles. The fourth-order valence-electron chi connectivity index (χ4n) is 3.68. The van der Waals surface area contributed by atoms with Crippen LogP contribution < -0.4 is 10.5 Å². The number of nitrogens with two attached hydrogens (primary N) is 1. The van der Waals surface area contributed by atoms with Crippen LogP contribution in [0.3, 0.4) is 0 Å². The van der Waals surface area contributed by atoms with E-state index >= 15 is 0 Å². The molecule has 1 atom stereocenters. The number of halogens is 2. The third-order valence-corrected chi connectivity index (χ3v) is 5.83. The highest BCUT2D eigenvalue weighted by molar-refractivity contribution is 6.42. The molecule has 25 heavy (non-hydrogen) atoms. The van der Waals surface area contributed by atoms with Crippen molar-refractivity contribution in [1.29, 1.82) is 0 Å². The fraction of sp³-hybridized carbons (Fsp3) is 0.556. The van der Waals surface area contributed by atoms with Crippen molar-refractivity contribution in [2.75, 3.05) is 13.7 Å². The maximum atomic E-state index is 12.9. The van der Waals surface area contributed by atoms with Gasteiger partial charge in [0.2, 0.25) is 0 Å². The molecule has 1 amide bonds. The van der Waals surface area contributed by atoms with E-state index in [2.05, 4.69) is 4.99 Å². The lowest BCUT2D eigenvalue weighted by Crippen LogP contribution is -2.47. The summed E-state index contributed by atoms with van der Waals surface area (Å²) in [5.41, 5.74) is 4.97. The Bertz CT molecular complexity index is 689. The maximum Gasteiger partial charge on any atom is 0.260 e. The van der Waals surface area contributed by atoms with E-state index < -0.39 is 5.54 Å². The second-order valence-electron chi connectivity index (χ2n) is 6.94. The molecule has 5 nitrogen and oxygen atoms in total. The zero-order valence-electron chi connectivity index (χ0n) is 14.3. The van der Waals surface area contributed by atoms with Gasteiger partial charge in [0.15, 0.2) is 11.5 Å². The molecule has 0 unspecified atom stereocenters. The van der Waals surface area contributed by atoms with Crippen molar-refractivity contribution in [2.24, 2.45) is 16.6 Å². The van der Waals surface area contributed by atoms with E-state index in [1.54, 1.807) is 25.2 Å². The van der Waals surface area contributed by atoms with Gasteiger partial charge >= 0.3 is 0 Å². The fourth-order valence-corrected chi connectivity index (χ4v) is 3.97. The summed E-state index contributed by atoms with van der Waals surface area (Å²) in [4.78, 5) is 18.8. The van der Waals surface area contributed by atoms with Crippen molar-refractivity contribution in [3.63, 3.8) is 0 Å². The molecule has 1 saturated carbocycles. The highest BCUT2D eigenvalue weighted by atomic mass is 35.5. The van der Waals surface area contributed by atoms with E-state index in [1.165, 1.54) is 24.2 Å². The zero-order chi connectivity index (χ0) is 18.0. The Balaban J connectivity index is 1.79. The van der Waals surface area contributed by atoms with Gasteiger partial charge in [-0.25, -0.2) is 4.99 Å². The first-order chi connectivity index (χ1) is 11.9. The van der Waals surface area contributed by atoms with Gasteiger partial charge in [0.1, 0.15) is 12.4 Å². The standard InChI is InChI=1S/C18H23Cl2N3O2/c1-23-16(24)18(22-17(23)21,10-12-5-3-2-4-6-12)11-25-13-7-8-14(19)15(20)9-13/h7-9,12H,2-6,10-11H2,1H3,(H2,21,22)/t18-/m0/s1. The molecule has 0 bridgehead atoms. The minimum absolute atomic E-state index is 0.101. The van der Waals surface area contributed by atoms with Gasteiger partial charge in [-0.15, -0.1) is 0 Å². The summed E-state index contributed by atoms with van der Waals surface area (Å²) < 4.78 is 5.88. The molecule has 1 aromatic carbocycles. The third-order valence-electron chi connectivity index (χ3n) is 5.09. The first-order valence-corrected chi connectivity index (χ1v) is 9.38. The van der Waals surface area contributed by atoms with Crippen LogP contribution in [0.25, 0.3) is 0 Å². The molecule has 0 aromatic heterocycles. The normalized spacial score (nSPS) is 24.5. The van der Waals surface area contributed by atoms with E-state index in [1.807, 2.05) is 0 Å². The van der Waals surface area contributed by atoms with E-state index in [0.29, 0.717) is 28.1 Å². The predicted octanol–water partition coefficient (Wildman–Crippen LogP) is 3.87. The van der Waals surface area contributed by atoms with Crippen molar-refractivity contribution >= 4 is 35.1 Å². The van der Waals surface area contributed by atoms with E-state index in [0.717, 1.165) is 12.8 Å². The van der Waals surface area contributed by atoms with Crippen LogP contribution in [0.1, 0.15) is 38.5 Å². The molecular formula is C18H23Cl2N3O2. The van der Waals surface area contributed by atoms with Crippen LogP contribution >= 0.6 is 23.2 Å². The van der Waals surface area contributed by atoms with Gasteiger partial charge in [-0.3, -0.25) is 9.69 Å². The number of amides is 1. The van der Waals surface area contributed by atoms with Gasteiger partial charge in [0.05, 0.1) is 10.0 Å². The Morgan fingerprint density at radius 3 is 2.60 bits per heavy atom. The molecular weight excluding hydrogens is 361 g/mol. The first kappa shape index (κ1) is 18.3. The summed E-state index contributed by atoms with van der Waals surface area (Å²) in [5, 5.41) is 0.878. The summed E-state index contributed by atoms with van der Waals surface area (Å²) >= 11 is 12.0. The van der Waals surface area contributed by atoms with Crippen molar-refractivity contribution in [3.05, 3.63) is 28.2 Å². The quantitative estimate of drug-likeness (QED) is 0.838. The minimum atomic E-state index is -0.951. The molecule has 7 heteroatoms. The second kappa shape index (κ2) is 7.42. The van der Waals surface area contributed by atoms with Crippen LogP contribution in [0.2, 0.25) is 10.0 Å². The van der Waals surface area contributed by atoms with Gasteiger partial charge in [0.25, 0.3) is 5.91 Å². The van der Waals surface area contributed by atoms with E-state index in [9.17, 15) is 4.79 Å². The van der Waals surface area contributed by atoms with Crippen molar-refractivity contribution in [1.82, 2.24) is 4.90 Å². The van der Waals surface area contributed by atoms with Crippen LogP contribution in [-0.4, -0.2) is 36.0 Å². The molecule has 136 valence electrons. The Morgan fingerprint density at radius 2 is 2.00 bits per heavy atom. The van der Waals surface area contributed by atoms with Crippen molar-refractivity contribution in [3.8, 4) is 5.75 Å². The van der Waals surface area contributed by atoms with Crippen LogP contribution in [0.15, 0.2) is 23.2 Å². The molecule has 2 aliphatic rings. The van der Waals surface area contributed by atoms with Crippen molar-refractivity contribution < 1.29 is 9.53 Å². The lowest BCUT2D eigenvalue weighted by molar-refractivity contribution is -0.132. The Labute approximate surface area is 158 Å². The zero-order valence-corrected chi connectivity index (χ0v) is 15.8. The molecule has 0 radical (unpaired) electrons. The van der Waals surface area contributed by atoms with Gasteiger partial charge in [-0.05, 0) is 24.5 Å². The number of guanidine groups is 1. The van der Waals surface area contributed by atoms with Gasteiger partial charge in [-0.1, -0.05) is 55.3 Å². The number of aliphatic imine (C=N–C) groups is 1. The van der Waals surface area contributed by atoms with Crippen LogP contribution in [0, 0.1) is 5.92 Å². The number of rotatable bonds is 5. The summed E-state index contributed by atoms with van der Waals surface area (Å²) in [6.45, 7) is 0.144. The van der Waals surface area contributed by atoms with Gasteiger partial charge in [0, 0.05) is 13.1 Å². The second-order valence-corrected chi connectivity index (χ2v) is 7.75. The largest absolute Gasteiger partial charge is 0.490 e. The molecule has 1 fully saturated rings. The summed E-state index contributed by atoms with van der Waals surface area (Å²) in [5.74, 6) is 1.18. The summed E-state index contributed by atoms with van der Waals surface area (Å²) in [6, 6.07) is 5.06. The number of hydrogen-bond donors (Lipinski definition) is 1. The topological polar surface area (TPSA) is 67.9 Å². The molecule has 2 N–H and O–H groups in total. The minimum Gasteiger partial charge on any atom is -0.490 e. The lowest BCUT2D eigenvalue weighted by atomic mass is 9.79. The maximum absolute atomic E-state index is 12.9. The van der Waals surface area contributed by atoms with E-state index in [4.69, 9.17) is 33.7 Å². The number of carbonyl (C=O) groups is 1. The van der Waals surface area contributed by atoms with Crippen molar-refractivity contribution in [2.45, 2.75) is 44.1 Å². The molecule has 0 saturated heterocycles. The monoisotopic (exact) mass is 383 g/mol. The van der Waals surface area contributed by atoms with Gasteiger partial charge in [-0.2, -0.15) is 0 Å². The average molecular weight is 384 g/mol. The van der Waals surface area contributed by atoms with Gasteiger partial charge < -0.3 is 10.5 Å². The van der Waals surface area contributed by atoms with Crippen LogP contribution in [0.5, 0.6) is 5.75 Å². The first-order valence-electron chi connectivity index (χ1n) is 8.63. The smallest absolute Gasteiger partial charge is 0.260 e. The highest BCUT2D eigenvalue weighted by Gasteiger charge is 2.48. The number of benzene rings is 1. The number of hydrogen-bond acceptors (Lipinski definition) is 4. The number of likely N-dealkylation sites (N-methyl/N-ethyl adjacent to an activating group) is 1. The average Bonchev–Trinajstić information content (AvgIpc) is 2.81. The number of ether oxygens (including phenoxy) is 1. The predicted molar refractivity (Wildman–Crippen MR) is 100 cm³/mol. The summed E-state index contributed by atoms with van der Waals surface area (Å²) in [6.07, 6.45) is 6.60. The number of nitrogens with zero attached hydrogens (tertiary/aromatic N) is 2. The lowest BCUT2D eigenvalue weighted by Gasteiger charge is -2.31. The highest BCUT2D eigenvalue weighted by Crippen LogP contribution is 2.36. The molecule has 1 aromatic rings. The SMILES string of the molecule is CN1C(=O)[C@@](COc2ccc(Cl)c(Cl)c2)(CC2CCCCC2)N=C1N.